The number of anilines is 1. The Morgan fingerprint density at radius 3 is 2.85 bits per heavy atom. The van der Waals surface area contributed by atoms with Crippen LogP contribution in [-0.2, 0) is 0 Å². The Balaban J connectivity index is 1.65. The minimum Gasteiger partial charge on any atom is -0.353 e. The topological polar surface area (TPSA) is 92.9 Å². The van der Waals surface area contributed by atoms with E-state index in [0.29, 0.717) is 30.6 Å². The third-order valence-electron chi connectivity index (χ3n) is 4.73. The summed E-state index contributed by atoms with van der Waals surface area (Å²) in [5.41, 5.74) is 10.3. The maximum atomic E-state index is 12.4. The van der Waals surface area contributed by atoms with Gasteiger partial charge in [-0.1, -0.05) is 12.1 Å². The lowest BCUT2D eigenvalue weighted by molar-refractivity contribution is 0.0951. The average Bonchev–Trinajstić information content (AvgIpc) is 3.50. The van der Waals surface area contributed by atoms with E-state index in [0.717, 1.165) is 40.4 Å². The first kappa shape index (κ1) is 17.4. The smallest absolute Gasteiger partial charge is 0.251 e. The number of aromatic nitrogens is 2. The number of nitrogens with zero attached hydrogens (tertiary/aromatic N) is 2. The molecule has 0 bridgehead atoms. The second-order valence-electron chi connectivity index (χ2n) is 6.96. The zero-order chi connectivity index (χ0) is 18.8. The molecule has 138 valence electrons. The van der Waals surface area contributed by atoms with Gasteiger partial charge in [-0.15, -0.1) is 0 Å². The summed E-state index contributed by atoms with van der Waals surface area (Å²) in [7, 11) is 0. The molecule has 2 aromatic carbocycles. The van der Waals surface area contributed by atoms with Crippen molar-refractivity contribution in [3.8, 4) is 11.1 Å². The molecule has 0 spiro atoms. The molecule has 4 N–H and O–H groups in total. The zero-order valence-corrected chi connectivity index (χ0v) is 15.3. The van der Waals surface area contributed by atoms with Gasteiger partial charge < -0.3 is 16.4 Å². The number of hydrogen-bond donors (Lipinski definition) is 3. The molecule has 6 nitrogen and oxygen atoms in total. The molecule has 1 heterocycles. The van der Waals surface area contributed by atoms with E-state index in [4.69, 9.17) is 5.73 Å². The highest BCUT2D eigenvalue weighted by atomic mass is 16.1. The predicted octanol–water partition coefficient (Wildman–Crippen LogP) is 2.87. The molecule has 3 aromatic rings. The van der Waals surface area contributed by atoms with E-state index in [1.807, 2.05) is 36.5 Å². The second-order valence-corrected chi connectivity index (χ2v) is 6.96. The van der Waals surface area contributed by atoms with E-state index in [1.165, 1.54) is 0 Å². The van der Waals surface area contributed by atoms with Crippen LogP contribution in [0.15, 0.2) is 42.6 Å². The van der Waals surface area contributed by atoms with Crippen molar-refractivity contribution in [2.24, 2.45) is 5.73 Å². The van der Waals surface area contributed by atoms with E-state index in [-0.39, 0.29) is 5.91 Å². The molecule has 0 atom stereocenters. The summed E-state index contributed by atoms with van der Waals surface area (Å²) in [5, 5.41) is 7.09. The normalized spacial score (nSPS) is 13.6. The molecule has 1 aliphatic rings. The quantitative estimate of drug-likeness (QED) is 0.628. The van der Waals surface area contributed by atoms with Gasteiger partial charge in [0.25, 0.3) is 5.91 Å². The van der Waals surface area contributed by atoms with Crippen LogP contribution in [0.25, 0.3) is 22.0 Å². The molecule has 27 heavy (non-hydrogen) atoms. The molecule has 1 fully saturated rings. The fraction of sp³-hybridized carbons (Fsp3) is 0.286. The Hall–Kier alpha value is -2.99. The molecule has 1 saturated carbocycles. The molecule has 1 aliphatic carbocycles. The van der Waals surface area contributed by atoms with Crippen LogP contribution < -0.4 is 16.4 Å². The second kappa shape index (κ2) is 7.32. The minimum atomic E-state index is -0.00140. The Morgan fingerprint density at radius 1 is 1.22 bits per heavy atom. The van der Waals surface area contributed by atoms with Gasteiger partial charge in [-0.25, -0.2) is 9.97 Å². The van der Waals surface area contributed by atoms with E-state index in [1.54, 1.807) is 0 Å². The molecular formula is C21H23N5O. The van der Waals surface area contributed by atoms with Crippen molar-refractivity contribution in [2.45, 2.75) is 25.8 Å². The average molecular weight is 361 g/mol. The summed E-state index contributed by atoms with van der Waals surface area (Å²) >= 11 is 0. The Kier molecular flexibility index (Phi) is 4.73. The highest BCUT2D eigenvalue weighted by molar-refractivity contribution is 5.96. The predicted molar refractivity (Wildman–Crippen MR) is 108 cm³/mol. The number of fused-ring (bicyclic) bond motifs is 1. The fourth-order valence-corrected chi connectivity index (χ4v) is 3.04. The lowest BCUT2D eigenvalue weighted by Gasteiger charge is -2.11. The molecule has 0 aliphatic heterocycles. The largest absolute Gasteiger partial charge is 0.353 e. The molecule has 0 unspecified atom stereocenters. The van der Waals surface area contributed by atoms with Crippen LogP contribution in [0.1, 0.15) is 28.8 Å². The number of amides is 1. The van der Waals surface area contributed by atoms with Gasteiger partial charge in [0.2, 0.25) is 5.95 Å². The van der Waals surface area contributed by atoms with Crippen molar-refractivity contribution >= 4 is 22.8 Å². The standard InChI is InChI=1S/C21H23N5O/c1-13-2-3-15(20(27)25-17-5-6-17)11-18(13)14-4-7-19-16(10-14)12-24-21(26-19)23-9-8-22/h2-4,7,10-12,17H,5-6,8-9,22H2,1H3,(H,25,27)(H,23,24,26). The molecule has 6 heteroatoms. The van der Waals surface area contributed by atoms with Gasteiger partial charge in [0.05, 0.1) is 5.52 Å². The summed E-state index contributed by atoms with van der Waals surface area (Å²) in [6, 6.07) is 12.3. The summed E-state index contributed by atoms with van der Waals surface area (Å²) in [5.74, 6) is 0.578. The SMILES string of the molecule is Cc1ccc(C(=O)NC2CC2)cc1-c1ccc2nc(NCCN)ncc2c1. The third kappa shape index (κ3) is 3.90. The zero-order valence-electron chi connectivity index (χ0n) is 15.3. The number of carbonyl (C=O) groups excluding carboxylic acids is 1. The number of rotatable bonds is 6. The summed E-state index contributed by atoms with van der Waals surface area (Å²) < 4.78 is 0. The van der Waals surface area contributed by atoms with Crippen LogP contribution in [0.4, 0.5) is 5.95 Å². The van der Waals surface area contributed by atoms with Crippen LogP contribution in [0.2, 0.25) is 0 Å². The Bertz CT molecular complexity index is 997. The molecular weight excluding hydrogens is 338 g/mol. The fourth-order valence-electron chi connectivity index (χ4n) is 3.04. The van der Waals surface area contributed by atoms with Crippen molar-refractivity contribution < 1.29 is 4.79 Å². The first-order valence-corrected chi connectivity index (χ1v) is 9.26. The van der Waals surface area contributed by atoms with Crippen molar-refractivity contribution in [2.75, 3.05) is 18.4 Å². The number of nitrogens with one attached hydrogen (secondary N) is 2. The van der Waals surface area contributed by atoms with Crippen molar-refractivity contribution in [1.82, 2.24) is 15.3 Å². The van der Waals surface area contributed by atoms with Gasteiger partial charge in [-0.2, -0.15) is 0 Å². The number of hydrogen-bond acceptors (Lipinski definition) is 5. The van der Waals surface area contributed by atoms with E-state index >= 15 is 0 Å². The van der Waals surface area contributed by atoms with Crippen LogP contribution in [-0.4, -0.2) is 35.0 Å². The maximum absolute atomic E-state index is 12.4. The number of carbonyl (C=O) groups is 1. The Morgan fingerprint density at radius 2 is 2.07 bits per heavy atom. The molecule has 0 saturated heterocycles. The summed E-state index contributed by atoms with van der Waals surface area (Å²) in [6.07, 6.45) is 3.97. The molecule has 4 rings (SSSR count). The van der Waals surface area contributed by atoms with Crippen LogP contribution >= 0.6 is 0 Å². The highest BCUT2D eigenvalue weighted by Crippen LogP contribution is 2.28. The minimum absolute atomic E-state index is 0.00140. The molecule has 1 amide bonds. The summed E-state index contributed by atoms with van der Waals surface area (Å²) in [4.78, 5) is 21.2. The van der Waals surface area contributed by atoms with Crippen molar-refractivity contribution in [3.05, 3.63) is 53.7 Å². The highest BCUT2D eigenvalue weighted by Gasteiger charge is 2.24. The van der Waals surface area contributed by atoms with Gasteiger partial charge in [0, 0.05) is 36.3 Å². The first-order chi connectivity index (χ1) is 13.1. The summed E-state index contributed by atoms with van der Waals surface area (Å²) in [6.45, 7) is 3.22. The van der Waals surface area contributed by atoms with Crippen LogP contribution in [0, 0.1) is 6.92 Å². The first-order valence-electron chi connectivity index (χ1n) is 9.26. The van der Waals surface area contributed by atoms with Gasteiger partial charge in [-0.3, -0.25) is 4.79 Å². The third-order valence-corrected chi connectivity index (χ3v) is 4.73. The Labute approximate surface area is 158 Å². The number of nitrogens with two attached hydrogens (primary N) is 1. The van der Waals surface area contributed by atoms with Crippen LogP contribution in [0.5, 0.6) is 0 Å². The molecule has 1 aromatic heterocycles. The number of aryl methyl sites for hydroxylation is 1. The lowest BCUT2D eigenvalue weighted by Crippen LogP contribution is -2.25. The van der Waals surface area contributed by atoms with Gasteiger partial charge >= 0.3 is 0 Å². The van der Waals surface area contributed by atoms with E-state index in [9.17, 15) is 4.79 Å². The van der Waals surface area contributed by atoms with Gasteiger partial charge in [0.1, 0.15) is 0 Å². The lowest BCUT2D eigenvalue weighted by atomic mass is 9.97. The maximum Gasteiger partial charge on any atom is 0.251 e. The van der Waals surface area contributed by atoms with E-state index in [2.05, 4.69) is 33.6 Å². The van der Waals surface area contributed by atoms with Crippen molar-refractivity contribution in [3.63, 3.8) is 0 Å². The monoisotopic (exact) mass is 361 g/mol. The van der Waals surface area contributed by atoms with Crippen LogP contribution in [0.3, 0.4) is 0 Å². The van der Waals surface area contributed by atoms with Gasteiger partial charge in [0.15, 0.2) is 0 Å². The van der Waals surface area contributed by atoms with Gasteiger partial charge in [-0.05, 0) is 60.7 Å². The van der Waals surface area contributed by atoms with Crippen molar-refractivity contribution in [1.29, 1.82) is 0 Å². The van der Waals surface area contributed by atoms with E-state index < -0.39 is 0 Å². The number of benzene rings is 2. The molecule has 0 radical (unpaired) electrons.